The molecule has 1 amide bonds. The highest BCUT2D eigenvalue weighted by molar-refractivity contribution is 6.30. The van der Waals surface area contributed by atoms with Crippen molar-refractivity contribution in [3.05, 3.63) is 101 Å². The smallest absolute Gasteiger partial charge is 0.416 e. The Morgan fingerprint density at radius 1 is 0.973 bits per heavy atom. The van der Waals surface area contributed by atoms with Gasteiger partial charge in [0.15, 0.2) is 0 Å². The summed E-state index contributed by atoms with van der Waals surface area (Å²) in [5.74, 6) is -1.59. The van der Waals surface area contributed by atoms with Crippen LogP contribution in [0.25, 0.3) is 11.3 Å². The van der Waals surface area contributed by atoms with Gasteiger partial charge in [0.25, 0.3) is 0 Å². The van der Waals surface area contributed by atoms with E-state index in [1.807, 2.05) is 0 Å². The number of alkyl halides is 3. The molecule has 1 aromatic heterocycles. The van der Waals surface area contributed by atoms with Gasteiger partial charge >= 0.3 is 12.3 Å². The Bertz CT molecular complexity index is 1440. The Hall–Kier alpha value is -3.99. The molecule has 3 aromatic carbocycles. The van der Waals surface area contributed by atoms with E-state index in [1.54, 1.807) is 24.3 Å². The maximum atomic E-state index is 13.6. The van der Waals surface area contributed by atoms with Crippen molar-refractivity contribution in [2.75, 3.05) is 4.90 Å². The number of carbonyl (C=O) groups is 1. The lowest BCUT2D eigenvalue weighted by atomic mass is 9.98. The number of nitrogens with zero attached hydrogens (tertiary/aromatic N) is 4. The zero-order valence-corrected chi connectivity index (χ0v) is 19.4. The third-order valence-electron chi connectivity index (χ3n) is 5.80. The van der Waals surface area contributed by atoms with Gasteiger partial charge in [0.2, 0.25) is 0 Å². The third kappa shape index (κ3) is 5.12. The quantitative estimate of drug-likeness (QED) is 0.269. The molecule has 0 aliphatic carbocycles. The van der Waals surface area contributed by atoms with Crippen molar-refractivity contribution in [3.8, 4) is 11.3 Å². The summed E-state index contributed by atoms with van der Waals surface area (Å²) in [6.45, 7) is -0.0957. The Morgan fingerprint density at radius 2 is 1.68 bits per heavy atom. The summed E-state index contributed by atoms with van der Waals surface area (Å²) in [5, 5.41) is 8.28. The fourth-order valence-electron chi connectivity index (χ4n) is 4.20. The van der Waals surface area contributed by atoms with Gasteiger partial charge in [0.1, 0.15) is 29.5 Å². The van der Waals surface area contributed by atoms with E-state index in [4.69, 9.17) is 16.3 Å². The number of halogens is 6. The van der Waals surface area contributed by atoms with Gasteiger partial charge < -0.3 is 4.74 Å². The number of ether oxygens (including phenoxy) is 1. The van der Waals surface area contributed by atoms with Crippen LogP contribution in [0.4, 0.5) is 32.4 Å². The summed E-state index contributed by atoms with van der Waals surface area (Å²) >= 11 is 5.96. The molecule has 0 N–H and O–H groups in total. The first kappa shape index (κ1) is 24.7. The Morgan fingerprint density at radius 3 is 2.35 bits per heavy atom. The van der Waals surface area contributed by atoms with Crippen molar-refractivity contribution < 1.29 is 31.5 Å². The summed E-state index contributed by atoms with van der Waals surface area (Å²) in [7, 11) is 0. The maximum Gasteiger partial charge on any atom is 0.416 e. The molecule has 0 radical (unpaired) electrons. The van der Waals surface area contributed by atoms with Crippen LogP contribution in [-0.4, -0.2) is 27.2 Å². The van der Waals surface area contributed by atoms with Gasteiger partial charge in [-0.25, -0.2) is 18.3 Å². The summed E-state index contributed by atoms with van der Waals surface area (Å²) in [6.07, 6.45) is -4.95. The topological polar surface area (TPSA) is 60.3 Å². The second-order valence-electron chi connectivity index (χ2n) is 8.32. The van der Waals surface area contributed by atoms with Crippen LogP contribution >= 0.6 is 11.6 Å². The number of hydrogen-bond acceptors (Lipinski definition) is 4. The Balaban J connectivity index is 1.51. The van der Waals surface area contributed by atoms with Gasteiger partial charge in [0, 0.05) is 22.3 Å². The van der Waals surface area contributed by atoms with Crippen LogP contribution in [0.15, 0.2) is 72.9 Å². The van der Waals surface area contributed by atoms with E-state index in [9.17, 15) is 26.7 Å². The van der Waals surface area contributed by atoms with E-state index in [2.05, 4.69) is 10.3 Å². The van der Waals surface area contributed by atoms with Crippen LogP contribution in [0, 0.1) is 11.6 Å². The first-order chi connectivity index (χ1) is 17.6. The summed E-state index contributed by atoms with van der Waals surface area (Å²) in [5.41, 5.74) is -0.0189. The van der Waals surface area contributed by atoms with Gasteiger partial charge in [-0.2, -0.15) is 13.2 Å². The van der Waals surface area contributed by atoms with Crippen LogP contribution in [0.2, 0.25) is 5.02 Å². The summed E-state index contributed by atoms with van der Waals surface area (Å²) in [4.78, 5) is 14.2. The number of hydrogen-bond donors (Lipinski definition) is 0. The minimum Gasteiger partial charge on any atom is -0.441 e. The molecular formula is C25H16ClF5N4O2. The molecule has 1 saturated heterocycles. The molecule has 0 saturated carbocycles. The zero-order valence-electron chi connectivity index (χ0n) is 18.7. The zero-order chi connectivity index (χ0) is 26.3. The number of carbonyl (C=O) groups excluding carboxylic acids is 1. The molecule has 0 spiro atoms. The van der Waals surface area contributed by atoms with E-state index < -0.39 is 41.6 Å². The second-order valence-corrected chi connectivity index (χ2v) is 8.76. The molecule has 2 heterocycles. The average molecular weight is 535 g/mol. The highest BCUT2D eigenvalue weighted by Crippen LogP contribution is 2.40. The number of aromatic nitrogens is 3. The Labute approximate surface area is 211 Å². The summed E-state index contributed by atoms with van der Waals surface area (Å²) < 4.78 is 74.5. The van der Waals surface area contributed by atoms with E-state index >= 15 is 0 Å². The average Bonchev–Trinajstić information content (AvgIpc) is 3.43. The van der Waals surface area contributed by atoms with Crippen molar-refractivity contribution in [2.24, 2.45) is 0 Å². The molecule has 2 atom stereocenters. The van der Waals surface area contributed by atoms with Crippen LogP contribution in [0.3, 0.4) is 0 Å². The van der Waals surface area contributed by atoms with Crippen molar-refractivity contribution in [1.82, 2.24) is 15.0 Å². The van der Waals surface area contributed by atoms with E-state index in [0.717, 1.165) is 30.3 Å². The van der Waals surface area contributed by atoms with Crippen LogP contribution in [0.5, 0.6) is 0 Å². The van der Waals surface area contributed by atoms with Crippen LogP contribution in [-0.2, 0) is 17.5 Å². The van der Waals surface area contributed by atoms with Crippen LogP contribution in [0.1, 0.15) is 17.2 Å². The number of rotatable bonds is 5. The fraction of sp³-hybridized carbons (Fsp3) is 0.160. The Kier molecular flexibility index (Phi) is 6.32. The van der Waals surface area contributed by atoms with E-state index in [-0.39, 0.29) is 23.4 Å². The SMILES string of the molecule is O=C1O[C@@H](Cn2cc(-c3cc(F)cc(F)c3)nn2)[C@H](c2cccc(C(F)(F)F)c2)N1c1ccc(Cl)cc1. The van der Waals surface area contributed by atoms with Crippen molar-refractivity contribution in [1.29, 1.82) is 0 Å². The molecule has 0 unspecified atom stereocenters. The van der Waals surface area contributed by atoms with Crippen molar-refractivity contribution >= 4 is 23.4 Å². The molecule has 6 nitrogen and oxygen atoms in total. The molecule has 0 bridgehead atoms. The minimum atomic E-state index is -4.60. The normalized spacial score (nSPS) is 17.8. The molecule has 12 heteroatoms. The number of cyclic esters (lactones) is 1. The van der Waals surface area contributed by atoms with E-state index in [0.29, 0.717) is 10.7 Å². The van der Waals surface area contributed by atoms with Gasteiger partial charge in [0.05, 0.1) is 18.3 Å². The third-order valence-corrected chi connectivity index (χ3v) is 6.06. The second kappa shape index (κ2) is 9.47. The predicted molar refractivity (Wildman–Crippen MR) is 124 cm³/mol. The molecule has 37 heavy (non-hydrogen) atoms. The van der Waals surface area contributed by atoms with Gasteiger partial charge in [-0.3, -0.25) is 4.90 Å². The lowest BCUT2D eigenvalue weighted by Crippen LogP contribution is -2.31. The number of anilines is 1. The van der Waals surface area contributed by atoms with Crippen molar-refractivity contribution in [3.63, 3.8) is 0 Å². The molecular weight excluding hydrogens is 519 g/mol. The fourth-order valence-corrected chi connectivity index (χ4v) is 4.33. The highest BCUT2D eigenvalue weighted by Gasteiger charge is 2.45. The first-order valence-electron chi connectivity index (χ1n) is 10.9. The highest BCUT2D eigenvalue weighted by atomic mass is 35.5. The van der Waals surface area contributed by atoms with Crippen molar-refractivity contribution in [2.45, 2.75) is 24.9 Å². The molecule has 5 rings (SSSR count). The first-order valence-corrected chi connectivity index (χ1v) is 11.3. The van der Waals surface area contributed by atoms with Gasteiger partial charge in [-0.1, -0.05) is 28.9 Å². The lowest BCUT2D eigenvalue weighted by Gasteiger charge is -2.25. The molecule has 1 aliphatic heterocycles. The number of benzene rings is 3. The largest absolute Gasteiger partial charge is 0.441 e. The molecule has 4 aromatic rings. The summed E-state index contributed by atoms with van der Waals surface area (Å²) in [6, 6.07) is 12.7. The molecule has 190 valence electrons. The number of amides is 1. The lowest BCUT2D eigenvalue weighted by molar-refractivity contribution is -0.137. The van der Waals surface area contributed by atoms with Gasteiger partial charge in [-0.05, 0) is 54.1 Å². The van der Waals surface area contributed by atoms with E-state index in [1.165, 1.54) is 27.9 Å². The maximum absolute atomic E-state index is 13.6. The molecule has 1 fully saturated rings. The van der Waals surface area contributed by atoms with Gasteiger partial charge in [-0.15, -0.1) is 5.10 Å². The van der Waals surface area contributed by atoms with Crippen LogP contribution < -0.4 is 4.90 Å². The molecule has 1 aliphatic rings. The minimum absolute atomic E-state index is 0.0957. The predicted octanol–water partition coefficient (Wildman–Crippen LogP) is 6.66. The monoisotopic (exact) mass is 534 g/mol. The standard InChI is InChI=1S/C25H16ClF5N4O2/c26-17-4-6-20(7-5-17)35-23(14-2-1-3-16(8-14)25(29,30)31)22(37-24(35)36)13-34-12-21(32-33-34)15-9-18(27)11-19(28)10-15/h1-12,22-23H,13H2/t22-,23-/m0/s1.